The Bertz CT molecular complexity index is 261. The molecule has 0 bridgehead atoms. The molecule has 0 spiro atoms. The van der Waals surface area contributed by atoms with Crippen molar-refractivity contribution < 1.29 is 4.79 Å². The summed E-state index contributed by atoms with van der Waals surface area (Å²) in [4.78, 5) is 11.0. The molecule has 2 N–H and O–H groups in total. The Morgan fingerprint density at radius 1 is 1.64 bits per heavy atom. The van der Waals surface area contributed by atoms with Gasteiger partial charge in [-0.1, -0.05) is 0 Å². The lowest BCUT2D eigenvalue weighted by molar-refractivity contribution is 0.230. The van der Waals surface area contributed by atoms with Crippen LogP contribution in [0.5, 0.6) is 0 Å². The number of nitrogens with one attached hydrogen (secondary N) is 2. The van der Waals surface area contributed by atoms with Gasteiger partial charge in [0.25, 0.3) is 0 Å². The van der Waals surface area contributed by atoms with Crippen molar-refractivity contribution in [3.8, 4) is 0 Å². The number of urea groups is 1. The Morgan fingerprint density at radius 2 is 2.45 bits per heavy atom. The number of nitrogens with zero attached hydrogens (tertiary/aromatic N) is 1. The van der Waals surface area contributed by atoms with Gasteiger partial charge in [0.1, 0.15) is 6.17 Å². The van der Waals surface area contributed by atoms with Crippen molar-refractivity contribution in [3.05, 3.63) is 24.0 Å². The van der Waals surface area contributed by atoms with E-state index >= 15 is 0 Å². The van der Waals surface area contributed by atoms with Gasteiger partial charge in [-0.3, -0.25) is 0 Å². The highest BCUT2D eigenvalue weighted by Gasteiger charge is 2.25. The third kappa shape index (κ3) is 1.09. The zero-order valence-corrected chi connectivity index (χ0v) is 7.70. The van der Waals surface area contributed by atoms with Gasteiger partial charge in [-0.15, -0.1) is 0 Å². The van der Waals surface area contributed by atoms with Crippen LogP contribution in [0.3, 0.4) is 0 Å². The zero-order chi connectivity index (χ0) is 7.84. The van der Waals surface area contributed by atoms with E-state index in [4.69, 9.17) is 0 Å². The lowest BCUT2D eigenvalue weighted by atomic mass is 10.2. The first-order valence-corrected chi connectivity index (χ1v) is 4.14. The van der Waals surface area contributed by atoms with E-state index in [9.17, 15) is 4.79 Å². The highest BCUT2D eigenvalue weighted by atomic mass is 127. The first-order chi connectivity index (χ1) is 5.27. The standard InChI is InChI=1S/C6H6IN3O/c7-10-3-4-1-2-8-5(4)9-6(10)11/h1-3,5,8H,(H,9,11). The molecule has 1 atom stereocenters. The van der Waals surface area contributed by atoms with Crippen molar-refractivity contribution >= 4 is 28.9 Å². The number of hydrogen-bond donors (Lipinski definition) is 2. The van der Waals surface area contributed by atoms with Crippen LogP contribution >= 0.6 is 22.9 Å². The average Bonchev–Trinajstić information content (AvgIpc) is 2.36. The molecule has 2 amide bonds. The first kappa shape index (κ1) is 6.96. The highest BCUT2D eigenvalue weighted by Crippen LogP contribution is 2.17. The van der Waals surface area contributed by atoms with Crippen molar-refractivity contribution in [2.24, 2.45) is 0 Å². The maximum atomic E-state index is 11.0. The van der Waals surface area contributed by atoms with Gasteiger partial charge in [-0.2, -0.15) is 0 Å². The molecule has 0 aromatic heterocycles. The quantitative estimate of drug-likeness (QED) is 0.499. The summed E-state index contributed by atoms with van der Waals surface area (Å²) in [5.41, 5.74) is 1.08. The minimum absolute atomic E-state index is 0.0199. The fourth-order valence-corrected chi connectivity index (χ4v) is 1.51. The van der Waals surface area contributed by atoms with Crippen LogP contribution in [0.15, 0.2) is 24.0 Å². The van der Waals surface area contributed by atoms with Gasteiger partial charge in [0.2, 0.25) is 0 Å². The van der Waals surface area contributed by atoms with E-state index in [1.54, 1.807) is 6.20 Å². The Labute approximate surface area is 77.8 Å². The number of amides is 2. The number of halogens is 1. The maximum Gasteiger partial charge on any atom is 0.332 e. The van der Waals surface area contributed by atoms with E-state index in [1.165, 1.54) is 3.11 Å². The molecule has 0 saturated heterocycles. The molecule has 58 valence electrons. The second kappa shape index (κ2) is 2.40. The lowest BCUT2D eigenvalue weighted by Crippen LogP contribution is -2.48. The van der Waals surface area contributed by atoms with Crippen LogP contribution < -0.4 is 10.6 Å². The largest absolute Gasteiger partial charge is 0.368 e. The molecule has 0 aromatic carbocycles. The van der Waals surface area contributed by atoms with Crippen LogP contribution in [0, 0.1) is 0 Å². The van der Waals surface area contributed by atoms with Gasteiger partial charge in [0.05, 0.1) is 22.9 Å². The topological polar surface area (TPSA) is 44.4 Å². The monoisotopic (exact) mass is 263 g/mol. The van der Waals surface area contributed by atoms with E-state index in [2.05, 4.69) is 10.6 Å². The van der Waals surface area contributed by atoms with Crippen LogP contribution in [0.2, 0.25) is 0 Å². The van der Waals surface area contributed by atoms with Crippen molar-refractivity contribution in [2.75, 3.05) is 0 Å². The SMILES string of the molecule is O=C1NC2NC=CC2=CN1I. The van der Waals surface area contributed by atoms with Crippen LogP contribution in [-0.4, -0.2) is 15.3 Å². The minimum Gasteiger partial charge on any atom is -0.368 e. The van der Waals surface area contributed by atoms with E-state index < -0.39 is 0 Å². The molecule has 0 fully saturated rings. The highest BCUT2D eigenvalue weighted by molar-refractivity contribution is 14.1. The Morgan fingerprint density at radius 3 is 3.27 bits per heavy atom. The zero-order valence-electron chi connectivity index (χ0n) is 5.54. The number of hydrogen-bond acceptors (Lipinski definition) is 2. The predicted molar refractivity (Wildman–Crippen MR) is 48.5 cm³/mol. The Hall–Kier alpha value is -0.720. The molecular weight excluding hydrogens is 257 g/mol. The number of carbonyl (C=O) groups excluding carboxylic acids is 1. The Balaban J connectivity index is 2.29. The fourth-order valence-electron chi connectivity index (χ4n) is 1.05. The third-order valence-corrected chi connectivity index (χ3v) is 2.31. The molecule has 0 aromatic rings. The van der Waals surface area contributed by atoms with Crippen LogP contribution in [0.4, 0.5) is 4.79 Å². The normalized spacial score (nSPS) is 27.4. The average molecular weight is 263 g/mol. The third-order valence-electron chi connectivity index (χ3n) is 1.60. The summed E-state index contributed by atoms with van der Waals surface area (Å²) < 4.78 is 1.50. The van der Waals surface area contributed by atoms with E-state index in [1.807, 2.05) is 35.1 Å². The van der Waals surface area contributed by atoms with Gasteiger partial charge in [0, 0.05) is 11.8 Å². The molecule has 2 heterocycles. The van der Waals surface area contributed by atoms with Crippen molar-refractivity contribution in [1.29, 1.82) is 0 Å². The van der Waals surface area contributed by atoms with Crippen molar-refractivity contribution in [3.63, 3.8) is 0 Å². The molecule has 5 heteroatoms. The summed E-state index contributed by atoms with van der Waals surface area (Å²) in [7, 11) is 0. The molecule has 2 aliphatic heterocycles. The minimum atomic E-state index is -0.0875. The second-order valence-electron chi connectivity index (χ2n) is 2.32. The van der Waals surface area contributed by atoms with Crippen molar-refractivity contribution in [2.45, 2.75) is 6.17 Å². The van der Waals surface area contributed by atoms with E-state index in [0.717, 1.165) is 5.57 Å². The lowest BCUT2D eigenvalue weighted by Gasteiger charge is -2.24. The maximum absolute atomic E-state index is 11.0. The first-order valence-electron chi connectivity index (χ1n) is 3.17. The van der Waals surface area contributed by atoms with Crippen molar-refractivity contribution in [1.82, 2.24) is 13.7 Å². The predicted octanol–water partition coefficient (Wildman–Crippen LogP) is 0.689. The molecule has 4 nitrogen and oxygen atoms in total. The summed E-state index contributed by atoms with van der Waals surface area (Å²) in [5, 5.41) is 5.76. The number of rotatable bonds is 0. The molecule has 0 saturated carbocycles. The fraction of sp³-hybridized carbons (Fsp3) is 0.167. The van der Waals surface area contributed by atoms with Crippen LogP contribution in [0.1, 0.15) is 0 Å². The van der Waals surface area contributed by atoms with Gasteiger partial charge in [-0.05, 0) is 12.3 Å². The smallest absolute Gasteiger partial charge is 0.332 e. The summed E-state index contributed by atoms with van der Waals surface area (Å²) in [6.07, 6.45) is 5.55. The molecule has 2 aliphatic rings. The second-order valence-corrected chi connectivity index (χ2v) is 3.36. The summed E-state index contributed by atoms with van der Waals surface area (Å²) in [5.74, 6) is 0. The van der Waals surface area contributed by atoms with Gasteiger partial charge in [0.15, 0.2) is 0 Å². The molecule has 0 radical (unpaired) electrons. The molecular formula is C6H6IN3O. The number of fused-ring (bicyclic) bond motifs is 1. The van der Waals surface area contributed by atoms with Crippen LogP contribution in [-0.2, 0) is 0 Å². The van der Waals surface area contributed by atoms with E-state index in [-0.39, 0.29) is 12.2 Å². The summed E-state index contributed by atoms with van der Waals surface area (Å²) in [6.45, 7) is 0. The van der Waals surface area contributed by atoms with Gasteiger partial charge < -0.3 is 10.6 Å². The van der Waals surface area contributed by atoms with Crippen LogP contribution in [0.25, 0.3) is 0 Å². The van der Waals surface area contributed by atoms with Gasteiger partial charge >= 0.3 is 6.03 Å². The molecule has 2 rings (SSSR count). The molecule has 1 unspecified atom stereocenters. The van der Waals surface area contributed by atoms with E-state index in [0.29, 0.717) is 0 Å². The number of carbonyl (C=O) groups is 1. The van der Waals surface area contributed by atoms with Gasteiger partial charge in [-0.25, -0.2) is 7.91 Å². The summed E-state index contributed by atoms with van der Waals surface area (Å²) >= 11 is 1.94. The molecule has 0 aliphatic carbocycles. The Kier molecular flexibility index (Phi) is 1.52. The summed E-state index contributed by atoms with van der Waals surface area (Å²) in [6, 6.07) is -0.0875. The molecule has 11 heavy (non-hydrogen) atoms.